The molecule has 2 aromatic carbocycles. The van der Waals surface area contributed by atoms with Crippen molar-refractivity contribution in [1.29, 1.82) is 5.26 Å². The maximum atomic E-state index is 12.4. The molecule has 0 aliphatic carbocycles. The van der Waals surface area contributed by atoms with Gasteiger partial charge in [-0.1, -0.05) is 18.2 Å². The molecule has 3 heterocycles. The van der Waals surface area contributed by atoms with Crippen LogP contribution < -0.4 is 5.43 Å². The molecule has 6 heteroatoms. The minimum atomic E-state index is -0.0934. The zero-order chi connectivity index (χ0) is 20.0. The second-order valence-electron chi connectivity index (χ2n) is 6.85. The number of pyridine rings is 2. The third-order valence-electron chi connectivity index (χ3n) is 5.18. The molecule has 0 amide bonds. The van der Waals surface area contributed by atoms with Crippen molar-refractivity contribution in [3.05, 3.63) is 82.4 Å². The van der Waals surface area contributed by atoms with Crippen LogP contribution in [0.4, 0.5) is 0 Å². The fourth-order valence-electron chi connectivity index (χ4n) is 3.64. The van der Waals surface area contributed by atoms with Gasteiger partial charge in [0.2, 0.25) is 0 Å². The van der Waals surface area contributed by atoms with Gasteiger partial charge in [-0.05, 0) is 42.3 Å². The second kappa shape index (κ2) is 6.43. The van der Waals surface area contributed by atoms with E-state index in [0.717, 1.165) is 33.3 Å². The quantitative estimate of drug-likeness (QED) is 0.479. The first kappa shape index (κ1) is 16.9. The van der Waals surface area contributed by atoms with Gasteiger partial charge >= 0.3 is 0 Å². The van der Waals surface area contributed by atoms with Crippen molar-refractivity contribution in [2.75, 3.05) is 0 Å². The first-order valence-electron chi connectivity index (χ1n) is 9.12. The molecule has 2 N–H and O–H groups in total. The van der Waals surface area contributed by atoms with E-state index in [4.69, 9.17) is 4.98 Å². The number of aromatic amines is 2. The molecule has 0 atom stereocenters. The fourth-order valence-corrected chi connectivity index (χ4v) is 3.64. The minimum absolute atomic E-state index is 0.0934. The van der Waals surface area contributed by atoms with Crippen molar-refractivity contribution in [2.24, 2.45) is 0 Å². The summed E-state index contributed by atoms with van der Waals surface area (Å²) in [4.78, 5) is 27.7. The number of fused-ring (bicyclic) bond motifs is 2. The highest BCUT2D eigenvalue weighted by Gasteiger charge is 2.16. The highest BCUT2D eigenvalue weighted by Crippen LogP contribution is 2.35. The minimum Gasteiger partial charge on any atom is -0.346 e. The molecule has 3 aromatic heterocycles. The van der Waals surface area contributed by atoms with Crippen LogP contribution in [0.3, 0.4) is 0 Å². The molecule has 5 aromatic rings. The summed E-state index contributed by atoms with van der Waals surface area (Å²) in [6.45, 7) is 1.91. The van der Waals surface area contributed by atoms with Gasteiger partial charge in [-0.25, -0.2) is 9.97 Å². The topological polar surface area (TPSA) is 98.2 Å². The van der Waals surface area contributed by atoms with E-state index >= 15 is 0 Å². The molecule has 0 radical (unpaired) electrons. The molecule has 5 rings (SSSR count). The van der Waals surface area contributed by atoms with E-state index < -0.39 is 0 Å². The number of benzene rings is 2. The lowest BCUT2D eigenvalue weighted by atomic mass is 9.93. The largest absolute Gasteiger partial charge is 0.346 e. The lowest BCUT2D eigenvalue weighted by Crippen LogP contribution is -2.04. The summed E-state index contributed by atoms with van der Waals surface area (Å²) in [5.41, 5.74) is 6.94. The summed E-state index contributed by atoms with van der Waals surface area (Å²) in [6.07, 6.45) is 3.25. The standard InChI is InChI=1S/C23H15N5O/c1-13-15(11-24)3-2-4-16(13)22-17(10-18-21(29)7-8-25-23(18)28-22)14-5-6-19-20(9-14)27-12-26-19/h2-10,12H,1H3,(H,26,27)(H,25,28,29). The summed E-state index contributed by atoms with van der Waals surface area (Å²) < 4.78 is 0. The average Bonchev–Trinajstić information content (AvgIpc) is 3.21. The molecular formula is C23H15N5O. The van der Waals surface area contributed by atoms with E-state index in [1.54, 1.807) is 18.6 Å². The molecule has 0 bridgehead atoms. The number of hydrogen-bond acceptors (Lipinski definition) is 4. The van der Waals surface area contributed by atoms with E-state index in [0.29, 0.717) is 22.3 Å². The Morgan fingerprint density at radius 1 is 1.03 bits per heavy atom. The maximum absolute atomic E-state index is 12.4. The van der Waals surface area contributed by atoms with Crippen LogP contribution in [0, 0.1) is 18.3 Å². The Kier molecular flexibility index (Phi) is 3.75. The summed E-state index contributed by atoms with van der Waals surface area (Å²) in [5, 5.41) is 9.97. The van der Waals surface area contributed by atoms with E-state index in [1.807, 2.05) is 43.3 Å². The summed E-state index contributed by atoms with van der Waals surface area (Å²) in [6, 6.07) is 17.1. The predicted molar refractivity (Wildman–Crippen MR) is 112 cm³/mol. The van der Waals surface area contributed by atoms with Crippen molar-refractivity contribution in [1.82, 2.24) is 19.9 Å². The Morgan fingerprint density at radius 2 is 1.93 bits per heavy atom. The monoisotopic (exact) mass is 377 g/mol. The van der Waals surface area contributed by atoms with E-state index in [2.05, 4.69) is 21.0 Å². The molecule has 0 spiro atoms. The van der Waals surface area contributed by atoms with Crippen LogP contribution in [0.25, 0.3) is 44.5 Å². The van der Waals surface area contributed by atoms with Crippen molar-refractivity contribution >= 4 is 22.1 Å². The van der Waals surface area contributed by atoms with E-state index in [-0.39, 0.29) is 5.43 Å². The number of nitrogens with one attached hydrogen (secondary N) is 2. The van der Waals surface area contributed by atoms with Crippen LogP contribution in [-0.2, 0) is 0 Å². The summed E-state index contributed by atoms with van der Waals surface area (Å²) in [7, 11) is 0. The van der Waals surface area contributed by atoms with E-state index in [1.165, 1.54) is 6.07 Å². The van der Waals surface area contributed by atoms with Crippen LogP contribution in [0.5, 0.6) is 0 Å². The van der Waals surface area contributed by atoms with Gasteiger partial charge in [-0.15, -0.1) is 0 Å². The first-order valence-corrected chi connectivity index (χ1v) is 9.12. The van der Waals surface area contributed by atoms with Crippen LogP contribution >= 0.6 is 0 Å². The molecule has 0 aliphatic rings. The van der Waals surface area contributed by atoms with Crippen molar-refractivity contribution < 1.29 is 0 Å². The van der Waals surface area contributed by atoms with Gasteiger partial charge in [0.1, 0.15) is 5.65 Å². The van der Waals surface area contributed by atoms with Gasteiger partial charge in [-0.3, -0.25) is 4.79 Å². The van der Waals surface area contributed by atoms with Gasteiger partial charge in [0, 0.05) is 23.4 Å². The second-order valence-corrected chi connectivity index (χ2v) is 6.85. The molecule has 138 valence electrons. The number of aromatic nitrogens is 4. The molecular weight excluding hydrogens is 362 g/mol. The van der Waals surface area contributed by atoms with Gasteiger partial charge in [-0.2, -0.15) is 5.26 Å². The van der Waals surface area contributed by atoms with Crippen molar-refractivity contribution in [3.8, 4) is 28.5 Å². The molecule has 0 aliphatic heterocycles. The number of imidazole rings is 1. The van der Waals surface area contributed by atoms with Crippen molar-refractivity contribution in [2.45, 2.75) is 6.92 Å². The number of nitriles is 1. The van der Waals surface area contributed by atoms with Gasteiger partial charge in [0.25, 0.3) is 0 Å². The number of hydrogen-bond donors (Lipinski definition) is 2. The lowest BCUT2D eigenvalue weighted by Gasteiger charge is -2.14. The number of nitrogens with zero attached hydrogens (tertiary/aromatic N) is 3. The molecule has 0 saturated heterocycles. The van der Waals surface area contributed by atoms with Gasteiger partial charge in [0.15, 0.2) is 5.43 Å². The maximum Gasteiger partial charge on any atom is 0.191 e. The normalized spacial score (nSPS) is 11.0. The number of rotatable bonds is 2. The Balaban J connectivity index is 1.88. The highest BCUT2D eigenvalue weighted by atomic mass is 16.1. The zero-order valence-corrected chi connectivity index (χ0v) is 15.5. The molecule has 0 unspecified atom stereocenters. The summed E-state index contributed by atoms with van der Waals surface area (Å²) in [5.74, 6) is 0. The Morgan fingerprint density at radius 3 is 2.79 bits per heavy atom. The third kappa shape index (κ3) is 2.68. The molecule has 29 heavy (non-hydrogen) atoms. The Bertz CT molecular complexity index is 1500. The fraction of sp³-hybridized carbons (Fsp3) is 0.0435. The van der Waals surface area contributed by atoms with Crippen LogP contribution in [0.2, 0.25) is 0 Å². The van der Waals surface area contributed by atoms with Crippen LogP contribution in [0.1, 0.15) is 11.1 Å². The Labute approximate surface area is 165 Å². The zero-order valence-electron chi connectivity index (χ0n) is 15.5. The average molecular weight is 377 g/mol. The predicted octanol–water partition coefficient (Wildman–Crippen LogP) is 4.31. The Hall–Kier alpha value is -4.24. The third-order valence-corrected chi connectivity index (χ3v) is 5.18. The molecule has 0 fully saturated rings. The molecule has 6 nitrogen and oxygen atoms in total. The van der Waals surface area contributed by atoms with E-state index in [9.17, 15) is 10.1 Å². The van der Waals surface area contributed by atoms with Crippen molar-refractivity contribution in [3.63, 3.8) is 0 Å². The SMILES string of the molecule is Cc1c(C#N)cccc1-c1nc2[nH]ccc(=O)c2cc1-c1ccc2nc[nH]c2c1. The first-order chi connectivity index (χ1) is 14.2. The van der Waals surface area contributed by atoms with Gasteiger partial charge < -0.3 is 9.97 Å². The number of H-pyrrole nitrogens is 2. The summed E-state index contributed by atoms with van der Waals surface area (Å²) >= 11 is 0. The highest BCUT2D eigenvalue weighted by molar-refractivity contribution is 5.93. The lowest BCUT2D eigenvalue weighted by molar-refractivity contribution is 1.27. The van der Waals surface area contributed by atoms with Crippen LogP contribution in [-0.4, -0.2) is 19.9 Å². The van der Waals surface area contributed by atoms with Crippen LogP contribution in [0.15, 0.2) is 65.8 Å². The molecule has 0 saturated carbocycles. The smallest absolute Gasteiger partial charge is 0.191 e. The van der Waals surface area contributed by atoms with Gasteiger partial charge in [0.05, 0.1) is 40.1 Å².